The molecule has 6 nitrogen and oxygen atoms in total. The van der Waals surface area contributed by atoms with Crippen LogP contribution in [0.4, 0.5) is 11.9 Å². The number of nitrogens with two attached hydrogens (primary N) is 1. The molecule has 0 saturated heterocycles. The van der Waals surface area contributed by atoms with Crippen LogP contribution in [0, 0.1) is 5.92 Å². The molecule has 0 spiro atoms. The molecule has 0 aromatic carbocycles. The number of hydrogen-bond acceptors (Lipinski definition) is 6. The first kappa shape index (κ1) is 10.9. The fourth-order valence-corrected chi connectivity index (χ4v) is 1.99. The molecular formula is C10H17N5O. The van der Waals surface area contributed by atoms with Crippen molar-refractivity contribution in [2.75, 3.05) is 24.7 Å². The van der Waals surface area contributed by atoms with E-state index in [1.54, 1.807) is 0 Å². The van der Waals surface area contributed by atoms with Crippen molar-refractivity contribution in [2.24, 2.45) is 5.92 Å². The van der Waals surface area contributed by atoms with Crippen molar-refractivity contribution in [1.82, 2.24) is 15.0 Å². The summed E-state index contributed by atoms with van der Waals surface area (Å²) in [5, 5.41) is 3.18. The summed E-state index contributed by atoms with van der Waals surface area (Å²) in [4.78, 5) is 11.9. The highest BCUT2D eigenvalue weighted by Gasteiger charge is 2.15. The topological polar surface area (TPSA) is 86.0 Å². The maximum atomic E-state index is 5.54. The zero-order valence-electron chi connectivity index (χ0n) is 9.44. The monoisotopic (exact) mass is 223 g/mol. The van der Waals surface area contributed by atoms with Crippen LogP contribution in [-0.4, -0.2) is 28.6 Å². The summed E-state index contributed by atoms with van der Waals surface area (Å²) in [6, 6.07) is 0.251. The van der Waals surface area contributed by atoms with Gasteiger partial charge in [0.2, 0.25) is 11.9 Å². The van der Waals surface area contributed by atoms with Crippen LogP contribution in [0.15, 0.2) is 0 Å². The van der Waals surface area contributed by atoms with Gasteiger partial charge < -0.3 is 15.8 Å². The normalized spacial score (nSPS) is 16.3. The van der Waals surface area contributed by atoms with Crippen LogP contribution < -0.4 is 15.8 Å². The van der Waals surface area contributed by atoms with Gasteiger partial charge in [-0.05, 0) is 18.8 Å². The molecule has 16 heavy (non-hydrogen) atoms. The molecule has 0 bridgehead atoms. The second-order valence-electron chi connectivity index (χ2n) is 4.04. The molecule has 1 aromatic rings. The number of nitrogens with zero attached hydrogens (tertiary/aromatic N) is 3. The predicted molar refractivity (Wildman–Crippen MR) is 61.2 cm³/mol. The molecule has 1 fully saturated rings. The minimum atomic E-state index is 0.181. The number of rotatable bonds is 4. The predicted octanol–water partition coefficient (Wildman–Crippen LogP) is 1.06. The highest BCUT2D eigenvalue weighted by Crippen LogP contribution is 2.24. The van der Waals surface area contributed by atoms with E-state index in [2.05, 4.69) is 20.3 Å². The number of methoxy groups -OCH3 is 1. The van der Waals surface area contributed by atoms with Crippen LogP contribution >= 0.6 is 0 Å². The molecule has 1 heterocycles. The third-order valence-corrected chi connectivity index (χ3v) is 2.84. The van der Waals surface area contributed by atoms with E-state index in [1.807, 2.05) is 0 Å². The van der Waals surface area contributed by atoms with Gasteiger partial charge in [-0.25, -0.2) is 0 Å². The zero-order valence-corrected chi connectivity index (χ0v) is 9.44. The molecule has 1 aliphatic carbocycles. The van der Waals surface area contributed by atoms with Crippen molar-refractivity contribution in [1.29, 1.82) is 0 Å². The Bertz CT molecular complexity index is 351. The Labute approximate surface area is 94.6 Å². The smallest absolute Gasteiger partial charge is 0.322 e. The third kappa shape index (κ3) is 2.71. The fraction of sp³-hybridized carbons (Fsp3) is 0.700. The number of ether oxygens (including phenoxy) is 1. The lowest BCUT2D eigenvalue weighted by Gasteiger charge is -2.10. The highest BCUT2D eigenvalue weighted by atomic mass is 16.5. The quantitative estimate of drug-likeness (QED) is 0.794. The summed E-state index contributed by atoms with van der Waals surface area (Å²) in [6.07, 6.45) is 5.22. The number of nitrogens with one attached hydrogen (secondary N) is 1. The van der Waals surface area contributed by atoms with Crippen LogP contribution in [0.5, 0.6) is 6.01 Å². The van der Waals surface area contributed by atoms with Gasteiger partial charge >= 0.3 is 6.01 Å². The van der Waals surface area contributed by atoms with Gasteiger partial charge in [0.25, 0.3) is 0 Å². The summed E-state index contributed by atoms with van der Waals surface area (Å²) in [5.41, 5.74) is 5.54. The van der Waals surface area contributed by atoms with Gasteiger partial charge in [-0.2, -0.15) is 15.0 Å². The Kier molecular flexibility index (Phi) is 3.38. The summed E-state index contributed by atoms with van der Waals surface area (Å²) < 4.78 is 4.93. The van der Waals surface area contributed by atoms with Crippen LogP contribution in [0.1, 0.15) is 25.7 Å². The standard InChI is InChI=1S/C10H17N5O/c1-16-10-14-8(11)13-9(15-10)12-6-7-4-2-3-5-7/h7H,2-6H2,1H3,(H3,11,12,13,14,15). The molecule has 6 heteroatoms. The molecule has 1 aromatic heterocycles. The maximum Gasteiger partial charge on any atom is 0.322 e. The van der Waals surface area contributed by atoms with Gasteiger partial charge in [0.15, 0.2) is 0 Å². The van der Waals surface area contributed by atoms with Gasteiger partial charge in [-0.3, -0.25) is 0 Å². The number of nitrogen functional groups attached to an aromatic ring is 1. The lowest BCUT2D eigenvalue weighted by atomic mass is 10.1. The molecular weight excluding hydrogens is 206 g/mol. The zero-order chi connectivity index (χ0) is 11.4. The average Bonchev–Trinajstić information content (AvgIpc) is 2.78. The Balaban J connectivity index is 1.94. The van der Waals surface area contributed by atoms with Crippen molar-refractivity contribution >= 4 is 11.9 Å². The van der Waals surface area contributed by atoms with E-state index in [0.29, 0.717) is 5.95 Å². The lowest BCUT2D eigenvalue weighted by molar-refractivity contribution is 0.379. The molecule has 0 amide bonds. The molecule has 0 unspecified atom stereocenters. The van der Waals surface area contributed by atoms with E-state index in [9.17, 15) is 0 Å². The Morgan fingerprint density at radius 3 is 2.75 bits per heavy atom. The first-order chi connectivity index (χ1) is 7.78. The number of aromatic nitrogens is 3. The van der Waals surface area contributed by atoms with Crippen molar-refractivity contribution in [3.63, 3.8) is 0 Å². The lowest BCUT2D eigenvalue weighted by Crippen LogP contribution is -2.14. The van der Waals surface area contributed by atoms with Gasteiger partial charge in [0, 0.05) is 6.54 Å². The van der Waals surface area contributed by atoms with Crippen LogP contribution in [-0.2, 0) is 0 Å². The van der Waals surface area contributed by atoms with E-state index in [0.717, 1.165) is 12.5 Å². The minimum absolute atomic E-state index is 0.181. The van der Waals surface area contributed by atoms with E-state index < -0.39 is 0 Å². The van der Waals surface area contributed by atoms with Gasteiger partial charge in [0.1, 0.15) is 0 Å². The van der Waals surface area contributed by atoms with E-state index in [4.69, 9.17) is 10.5 Å². The Morgan fingerprint density at radius 2 is 2.06 bits per heavy atom. The molecule has 1 aliphatic rings. The van der Waals surface area contributed by atoms with Gasteiger partial charge in [-0.15, -0.1) is 0 Å². The first-order valence-corrected chi connectivity index (χ1v) is 5.57. The largest absolute Gasteiger partial charge is 0.467 e. The fourth-order valence-electron chi connectivity index (χ4n) is 1.99. The average molecular weight is 223 g/mol. The molecule has 3 N–H and O–H groups in total. The summed E-state index contributed by atoms with van der Waals surface area (Å²) in [5.74, 6) is 1.40. The maximum absolute atomic E-state index is 5.54. The number of anilines is 2. The summed E-state index contributed by atoms with van der Waals surface area (Å²) >= 11 is 0. The SMILES string of the molecule is COc1nc(N)nc(NCC2CCCC2)n1. The highest BCUT2D eigenvalue weighted by molar-refractivity contribution is 5.32. The summed E-state index contributed by atoms with van der Waals surface area (Å²) in [6.45, 7) is 0.895. The molecule has 0 atom stereocenters. The number of hydrogen-bond donors (Lipinski definition) is 2. The van der Waals surface area contributed by atoms with Crippen molar-refractivity contribution in [3.8, 4) is 6.01 Å². The van der Waals surface area contributed by atoms with Crippen LogP contribution in [0.3, 0.4) is 0 Å². The van der Waals surface area contributed by atoms with Crippen LogP contribution in [0.25, 0.3) is 0 Å². The molecule has 88 valence electrons. The molecule has 2 rings (SSSR count). The molecule has 1 saturated carbocycles. The van der Waals surface area contributed by atoms with Crippen molar-refractivity contribution < 1.29 is 4.74 Å². The van der Waals surface area contributed by atoms with Crippen molar-refractivity contribution in [3.05, 3.63) is 0 Å². The van der Waals surface area contributed by atoms with E-state index in [1.165, 1.54) is 32.8 Å². The van der Waals surface area contributed by atoms with Gasteiger partial charge in [0.05, 0.1) is 7.11 Å². The second-order valence-corrected chi connectivity index (χ2v) is 4.04. The summed E-state index contributed by atoms with van der Waals surface area (Å²) in [7, 11) is 1.51. The third-order valence-electron chi connectivity index (χ3n) is 2.84. The second kappa shape index (κ2) is 4.96. The Morgan fingerprint density at radius 1 is 1.31 bits per heavy atom. The minimum Gasteiger partial charge on any atom is -0.467 e. The molecule has 0 aliphatic heterocycles. The van der Waals surface area contributed by atoms with Crippen LogP contribution in [0.2, 0.25) is 0 Å². The van der Waals surface area contributed by atoms with E-state index >= 15 is 0 Å². The van der Waals surface area contributed by atoms with Gasteiger partial charge in [-0.1, -0.05) is 12.8 Å². The van der Waals surface area contributed by atoms with E-state index in [-0.39, 0.29) is 12.0 Å². The molecule has 0 radical (unpaired) electrons. The van der Waals surface area contributed by atoms with Crippen molar-refractivity contribution in [2.45, 2.75) is 25.7 Å². The Hall–Kier alpha value is -1.59. The first-order valence-electron chi connectivity index (χ1n) is 5.57.